The molecule has 0 aliphatic carbocycles. The molecule has 0 saturated carbocycles. The Balaban J connectivity index is 1.87. The number of oxime groups is 1. The van der Waals surface area contributed by atoms with E-state index in [0.717, 1.165) is 11.3 Å². The summed E-state index contributed by atoms with van der Waals surface area (Å²) >= 11 is 0. The molecule has 19 heavy (non-hydrogen) atoms. The predicted octanol–water partition coefficient (Wildman–Crippen LogP) is 0.469. The highest BCUT2D eigenvalue weighted by Gasteiger charge is 2.28. The molecule has 1 heterocycles. The van der Waals surface area contributed by atoms with Crippen LogP contribution in [0.4, 0.5) is 0 Å². The third-order valence-electron chi connectivity index (χ3n) is 2.70. The molecule has 1 aliphatic rings. The first-order valence-corrected chi connectivity index (χ1v) is 5.83. The van der Waals surface area contributed by atoms with Gasteiger partial charge < -0.3 is 14.9 Å². The molecule has 0 bridgehead atoms. The summed E-state index contributed by atoms with van der Waals surface area (Å²) in [5.74, 6) is -0.879. The number of benzene rings is 1. The molecule has 1 aromatic carbocycles. The van der Waals surface area contributed by atoms with E-state index in [1.54, 1.807) is 0 Å². The van der Waals surface area contributed by atoms with Crippen molar-refractivity contribution in [3.63, 3.8) is 0 Å². The number of rotatable bonds is 4. The molecule has 6 heteroatoms. The van der Waals surface area contributed by atoms with Crippen LogP contribution in [0.5, 0.6) is 0 Å². The first kappa shape index (κ1) is 13.1. The van der Waals surface area contributed by atoms with E-state index in [2.05, 4.69) is 15.2 Å². The summed E-state index contributed by atoms with van der Waals surface area (Å²) in [5.41, 5.74) is 1.64. The molecule has 6 nitrogen and oxygen atoms in total. The van der Waals surface area contributed by atoms with Gasteiger partial charge in [0.05, 0.1) is 12.8 Å². The quantitative estimate of drug-likeness (QED) is 0.800. The van der Waals surface area contributed by atoms with E-state index in [0.29, 0.717) is 6.42 Å². The van der Waals surface area contributed by atoms with Crippen molar-refractivity contribution in [2.75, 3.05) is 13.7 Å². The number of nitrogens with zero attached hydrogens (tertiary/aromatic N) is 1. The maximum Gasteiger partial charge on any atom is 0.325 e. The van der Waals surface area contributed by atoms with Gasteiger partial charge in [-0.25, -0.2) is 0 Å². The van der Waals surface area contributed by atoms with E-state index < -0.39 is 12.1 Å². The summed E-state index contributed by atoms with van der Waals surface area (Å²) in [6.07, 6.45) is -0.309. The van der Waals surface area contributed by atoms with Crippen molar-refractivity contribution < 1.29 is 19.2 Å². The Morgan fingerprint density at radius 2 is 2.16 bits per heavy atom. The zero-order valence-electron chi connectivity index (χ0n) is 10.5. The van der Waals surface area contributed by atoms with Crippen LogP contribution in [-0.4, -0.2) is 37.3 Å². The Bertz CT molecular complexity index is 499. The Morgan fingerprint density at radius 1 is 1.42 bits per heavy atom. The molecule has 0 spiro atoms. The first-order chi connectivity index (χ1) is 9.20. The third-order valence-corrected chi connectivity index (χ3v) is 2.70. The highest BCUT2D eigenvalue weighted by atomic mass is 16.6. The minimum Gasteiger partial charge on any atom is -0.468 e. The van der Waals surface area contributed by atoms with Gasteiger partial charge in [0.2, 0.25) is 6.10 Å². The van der Waals surface area contributed by atoms with Gasteiger partial charge in [0.1, 0.15) is 6.54 Å². The summed E-state index contributed by atoms with van der Waals surface area (Å²) in [6.45, 7) is -0.171. The molecule has 100 valence electrons. The number of carbonyl (C=O) groups excluding carboxylic acids is 2. The summed E-state index contributed by atoms with van der Waals surface area (Å²) in [4.78, 5) is 27.7. The number of amides is 1. The fraction of sp³-hybridized carbons (Fsp3) is 0.308. The van der Waals surface area contributed by atoms with Crippen molar-refractivity contribution in [3.05, 3.63) is 35.9 Å². The van der Waals surface area contributed by atoms with Gasteiger partial charge in [-0.05, 0) is 5.56 Å². The number of hydrogen-bond donors (Lipinski definition) is 1. The van der Waals surface area contributed by atoms with Gasteiger partial charge in [-0.1, -0.05) is 35.5 Å². The van der Waals surface area contributed by atoms with E-state index in [1.807, 2.05) is 30.3 Å². The van der Waals surface area contributed by atoms with Gasteiger partial charge in [-0.2, -0.15) is 0 Å². The molecule has 1 N–H and O–H groups in total. The highest BCUT2D eigenvalue weighted by Crippen LogP contribution is 2.16. The summed E-state index contributed by atoms with van der Waals surface area (Å²) in [5, 5.41) is 6.33. The largest absolute Gasteiger partial charge is 0.468 e. The van der Waals surface area contributed by atoms with Crippen LogP contribution >= 0.6 is 0 Å². The van der Waals surface area contributed by atoms with Crippen LogP contribution < -0.4 is 5.32 Å². The molecular weight excluding hydrogens is 248 g/mol. The molecule has 0 aromatic heterocycles. The average Bonchev–Trinajstić information content (AvgIpc) is 2.95. The molecular formula is C13H14N2O4. The Morgan fingerprint density at radius 3 is 2.84 bits per heavy atom. The Kier molecular flexibility index (Phi) is 4.12. The van der Waals surface area contributed by atoms with Crippen molar-refractivity contribution in [3.8, 4) is 0 Å². The van der Waals surface area contributed by atoms with Crippen molar-refractivity contribution >= 4 is 17.6 Å². The molecule has 2 rings (SSSR count). The monoisotopic (exact) mass is 262 g/mol. The predicted molar refractivity (Wildman–Crippen MR) is 67.5 cm³/mol. The first-order valence-electron chi connectivity index (χ1n) is 5.83. The van der Waals surface area contributed by atoms with Crippen LogP contribution in [0, 0.1) is 0 Å². The lowest BCUT2D eigenvalue weighted by molar-refractivity contribution is -0.142. The second-order valence-corrected chi connectivity index (χ2v) is 4.00. The maximum atomic E-state index is 11.7. The molecule has 1 atom stereocenters. The zero-order valence-corrected chi connectivity index (χ0v) is 10.5. The number of methoxy groups -OCH3 is 1. The van der Waals surface area contributed by atoms with Gasteiger partial charge in [0.15, 0.2) is 0 Å². The molecule has 0 saturated heterocycles. The molecule has 0 radical (unpaired) electrons. The number of carbonyl (C=O) groups is 2. The third kappa shape index (κ3) is 3.31. The number of esters is 1. The lowest BCUT2D eigenvalue weighted by Gasteiger charge is -2.08. The average molecular weight is 262 g/mol. The van der Waals surface area contributed by atoms with Gasteiger partial charge in [0, 0.05) is 6.42 Å². The molecule has 1 amide bonds. The van der Waals surface area contributed by atoms with Crippen LogP contribution in [0.25, 0.3) is 0 Å². The van der Waals surface area contributed by atoms with E-state index >= 15 is 0 Å². The van der Waals surface area contributed by atoms with Crippen molar-refractivity contribution in [2.24, 2.45) is 5.16 Å². The summed E-state index contributed by atoms with van der Waals surface area (Å²) < 4.78 is 4.43. The van der Waals surface area contributed by atoms with Gasteiger partial charge in [0.25, 0.3) is 5.91 Å². The number of hydrogen-bond acceptors (Lipinski definition) is 5. The second-order valence-electron chi connectivity index (χ2n) is 4.00. The van der Waals surface area contributed by atoms with Crippen LogP contribution in [-0.2, 0) is 19.2 Å². The normalized spacial score (nSPS) is 17.3. The molecule has 1 aromatic rings. The fourth-order valence-corrected chi connectivity index (χ4v) is 1.66. The van der Waals surface area contributed by atoms with Crippen LogP contribution in [0.15, 0.2) is 35.5 Å². The van der Waals surface area contributed by atoms with Crippen LogP contribution in [0.1, 0.15) is 12.0 Å². The lowest BCUT2D eigenvalue weighted by Crippen LogP contribution is -2.38. The lowest BCUT2D eigenvalue weighted by atomic mass is 10.0. The van der Waals surface area contributed by atoms with E-state index in [-0.39, 0.29) is 12.5 Å². The molecule has 1 unspecified atom stereocenters. The highest BCUT2D eigenvalue weighted by molar-refractivity contribution is 6.04. The van der Waals surface area contributed by atoms with Crippen molar-refractivity contribution in [2.45, 2.75) is 12.5 Å². The fourth-order valence-electron chi connectivity index (χ4n) is 1.66. The van der Waals surface area contributed by atoms with Crippen LogP contribution in [0.2, 0.25) is 0 Å². The summed E-state index contributed by atoms with van der Waals surface area (Å²) in [7, 11) is 1.26. The van der Waals surface area contributed by atoms with Crippen LogP contribution in [0.3, 0.4) is 0 Å². The van der Waals surface area contributed by atoms with Gasteiger partial charge >= 0.3 is 5.97 Å². The Labute approximate surface area is 110 Å². The Hall–Kier alpha value is -2.37. The smallest absolute Gasteiger partial charge is 0.325 e. The van der Waals surface area contributed by atoms with Gasteiger partial charge in [-0.3, -0.25) is 9.59 Å². The second kappa shape index (κ2) is 5.99. The van der Waals surface area contributed by atoms with E-state index in [1.165, 1.54) is 7.11 Å². The minimum atomic E-state index is -0.695. The zero-order chi connectivity index (χ0) is 13.7. The standard InChI is InChI=1S/C13H14N2O4/c1-18-12(16)8-14-13(17)11-7-10(15-19-11)9-5-3-2-4-6-9/h2-6,11H,7-8H2,1H3,(H,14,17). The van der Waals surface area contributed by atoms with Crippen molar-refractivity contribution in [1.29, 1.82) is 0 Å². The number of ether oxygens (including phenoxy) is 1. The van der Waals surface area contributed by atoms with Gasteiger partial charge in [-0.15, -0.1) is 0 Å². The maximum absolute atomic E-state index is 11.7. The SMILES string of the molecule is COC(=O)CNC(=O)C1CC(c2ccccc2)=NO1. The van der Waals surface area contributed by atoms with E-state index in [4.69, 9.17) is 4.84 Å². The number of nitrogens with one attached hydrogen (secondary N) is 1. The summed E-state index contributed by atoms with van der Waals surface area (Å²) in [6, 6.07) is 9.49. The van der Waals surface area contributed by atoms with E-state index in [9.17, 15) is 9.59 Å². The topological polar surface area (TPSA) is 77.0 Å². The minimum absolute atomic E-state index is 0.171. The van der Waals surface area contributed by atoms with Crippen molar-refractivity contribution in [1.82, 2.24) is 5.32 Å². The molecule has 1 aliphatic heterocycles. The molecule has 0 fully saturated rings.